The third kappa shape index (κ3) is 1.53. The first-order valence-corrected chi connectivity index (χ1v) is 5.52. The zero-order valence-electron chi connectivity index (χ0n) is 9.04. The van der Waals surface area contributed by atoms with Gasteiger partial charge >= 0.3 is 0 Å². The third-order valence-electron chi connectivity index (χ3n) is 3.62. The van der Waals surface area contributed by atoms with E-state index in [4.69, 9.17) is 5.73 Å². The van der Waals surface area contributed by atoms with Crippen molar-refractivity contribution in [3.05, 3.63) is 23.5 Å². The molecule has 3 nitrogen and oxygen atoms in total. The van der Waals surface area contributed by atoms with Crippen LogP contribution in [0.15, 0.2) is 12.1 Å². The van der Waals surface area contributed by atoms with E-state index in [1.54, 1.807) is 0 Å². The molecule has 1 aromatic rings. The molecule has 1 aliphatic rings. The third-order valence-corrected chi connectivity index (χ3v) is 3.62. The van der Waals surface area contributed by atoms with Gasteiger partial charge in [0, 0.05) is 17.5 Å². The van der Waals surface area contributed by atoms with Gasteiger partial charge in [0.15, 0.2) is 17.3 Å². The molecule has 0 radical (unpaired) electrons. The number of halogens is 1. The molecular formula is C12H16FNO2. The van der Waals surface area contributed by atoms with Gasteiger partial charge < -0.3 is 15.9 Å². The highest BCUT2D eigenvalue weighted by Gasteiger charge is 2.37. The topological polar surface area (TPSA) is 66.5 Å². The molecule has 0 saturated heterocycles. The highest BCUT2D eigenvalue weighted by Crippen LogP contribution is 2.46. The fourth-order valence-corrected chi connectivity index (χ4v) is 2.62. The van der Waals surface area contributed by atoms with Crippen LogP contribution < -0.4 is 5.73 Å². The molecule has 0 aliphatic heterocycles. The summed E-state index contributed by atoms with van der Waals surface area (Å²) in [5.74, 6) is -1.82. The summed E-state index contributed by atoms with van der Waals surface area (Å²) in [7, 11) is 0. The Kier molecular flexibility index (Phi) is 2.76. The van der Waals surface area contributed by atoms with Crippen LogP contribution in [0.25, 0.3) is 0 Å². The highest BCUT2D eigenvalue weighted by molar-refractivity contribution is 5.49. The Hall–Kier alpha value is -1.29. The summed E-state index contributed by atoms with van der Waals surface area (Å²) in [4.78, 5) is 0. The van der Waals surface area contributed by atoms with Gasteiger partial charge in [-0.15, -0.1) is 0 Å². The normalized spacial score (nSPS) is 18.9. The Morgan fingerprint density at radius 1 is 1.19 bits per heavy atom. The van der Waals surface area contributed by atoms with Gasteiger partial charge in [0.1, 0.15) is 0 Å². The minimum atomic E-state index is -0.800. The molecule has 0 amide bonds. The first kappa shape index (κ1) is 11.2. The average Bonchev–Trinajstić information content (AvgIpc) is 2.76. The number of phenolic OH excluding ortho intramolecular Hbond substituents is 2. The molecule has 88 valence electrons. The van der Waals surface area contributed by atoms with Gasteiger partial charge in [0.05, 0.1) is 0 Å². The summed E-state index contributed by atoms with van der Waals surface area (Å²) in [6.45, 7) is 0.408. The van der Waals surface area contributed by atoms with Crippen molar-refractivity contribution >= 4 is 0 Å². The summed E-state index contributed by atoms with van der Waals surface area (Å²) in [6.07, 6.45) is 3.85. The number of rotatable bonds is 2. The Morgan fingerprint density at radius 3 is 2.38 bits per heavy atom. The van der Waals surface area contributed by atoms with E-state index in [0.717, 1.165) is 25.7 Å². The second-order valence-corrected chi connectivity index (χ2v) is 4.48. The summed E-state index contributed by atoms with van der Waals surface area (Å²) in [5.41, 5.74) is 6.05. The van der Waals surface area contributed by atoms with Gasteiger partial charge in [-0.05, 0) is 18.9 Å². The quantitative estimate of drug-likeness (QED) is 0.674. The number of hydrogen-bond donors (Lipinski definition) is 3. The van der Waals surface area contributed by atoms with E-state index in [2.05, 4.69) is 0 Å². The van der Waals surface area contributed by atoms with E-state index in [-0.39, 0.29) is 11.2 Å². The minimum Gasteiger partial charge on any atom is -0.504 e. The Morgan fingerprint density at radius 2 is 1.81 bits per heavy atom. The molecule has 0 bridgehead atoms. The van der Waals surface area contributed by atoms with Crippen LogP contribution in [0.4, 0.5) is 4.39 Å². The van der Waals surface area contributed by atoms with Gasteiger partial charge in [-0.3, -0.25) is 0 Å². The van der Waals surface area contributed by atoms with Crippen LogP contribution >= 0.6 is 0 Å². The van der Waals surface area contributed by atoms with Crippen molar-refractivity contribution in [2.75, 3.05) is 6.54 Å². The molecule has 0 atom stereocenters. The maximum absolute atomic E-state index is 13.0. The molecule has 4 N–H and O–H groups in total. The van der Waals surface area contributed by atoms with E-state index >= 15 is 0 Å². The molecule has 16 heavy (non-hydrogen) atoms. The van der Waals surface area contributed by atoms with Crippen LogP contribution in [0.3, 0.4) is 0 Å². The molecule has 1 saturated carbocycles. The molecule has 4 heteroatoms. The fraction of sp³-hybridized carbons (Fsp3) is 0.500. The van der Waals surface area contributed by atoms with Crippen LogP contribution in [-0.4, -0.2) is 16.8 Å². The lowest BCUT2D eigenvalue weighted by atomic mass is 9.78. The molecule has 1 aliphatic carbocycles. The van der Waals surface area contributed by atoms with Crippen molar-refractivity contribution in [1.82, 2.24) is 0 Å². The smallest absolute Gasteiger partial charge is 0.194 e. The number of hydrogen-bond acceptors (Lipinski definition) is 3. The second kappa shape index (κ2) is 3.94. The number of phenols is 2. The molecular weight excluding hydrogens is 209 g/mol. The van der Waals surface area contributed by atoms with E-state index in [1.165, 1.54) is 12.1 Å². The Bertz CT molecular complexity index is 400. The SMILES string of the molecule is NCC1(c2ccc(F)c(O)c2O)CCCC1. The van der Waals surface area contributed by atoms with Crippen LogP contribution in [0.2, 0.25) is 0 Å². The average molecular weight is 225 g/mol. The van der Waals surface area contributed by atoms with Crippen molar-refractivity contribution in [3.63, 3.8) is 0 Å². The zero-order valence-corrected chi connectivity index (χ0v) is 9.04. The minimum absolute atomic E-state index is 0.296. The fourth-order valence-electron chi connectivity index (χ4n) is 2.62. The summed E-state index contributed by atoms with van der Waals surface area (Å²) < 4.78 is 13.0. The molecule has 0 unspecified atom stereocenters. The first-order chi connectivity index (χ1) is 7.60. The van der Waals surface area contributed by atoms with Crippen molar-refractivity contribution < 1.29 is 14.6 Å². The van der Waals surface area contributed by atoms with E-state index in [9.17, 15) is 14.6 Å². The molecule has 1 aromatic carbocycles. The van der Waals surface area contributed by atoms with E-state index in [1.807, 2.05) is 0 Å². The molecule has 0 spiro atoms. The largest absolute Gasteiger partial charge is 0.504 e. The Balaban J connectivity index is 2.51. The Labute approximate surface area is 93.7 Å². The summed E-state index contributed by atoms with van der Waals surface area (Å²) in [5, 5.41) is 19.2. The lowest BCUT2D eigenvalue weighted by Crippen LogP contribution is -2.32. The molecule has 0 heterocycles. The first-order valence-electron chi connectivity index (χ1n) is 5.52. The van der Waals surface area contributed by atoms with E-state index in [0.29, 0.717) is 12.1 Å². The van der Waals surface area contributed by atoms with Crippen molar-refractivity contribution in [2.24, 2.45) is 5.73 Å². The number of aromatic hydroxyl groups is 2. The predicted octanol–water partition coefficient (Wildman–Crippen LogP) is 2.01. The van der Waals surface area contributed by atoms with Crippen LogP contribution in [-0.2, 0) is 5.41 Å². The summed E-state index contributed by atoms with van der Waals surface area (Å²) in [6, 6.07) is 2.71. The molecule has 1 fully saturated rings. The summed E-state index contributed by atoms with van der Waals surface area (Å²) >= 11 is 0. The monoisotopic (exact) mass is 225 g/mol. The molecule has 0 aromatic heterocycles. The van der Waals surface area contributed by atoms with Crippen molar-refractivity contribution in [1.29, 1.82) is 0 Å². The standard InChI is InChI=1S/C12H16FNO2/c13-9-4-3-8(10(15)11(9)16)12(7-14)5-1-2-6-12/h3-4,15-16H,1-2,5-7,14H2. The van der Waals surface area contributed by atoms with E-state index < -0.39 is 11.6 Å². The van der Waals surface area contributed by atoms with Crippen LogP contribution in [0.1, 0.15) is 31.2 Å². The van der Waals surface area contributed by atoms with Gasteiger partial charge in [0.25, 0.3) is 0 Å². The van der Waals surface area contributed by atoms with Crippen LogP contribution in [0, 0.1) is 5.82 Å². The number of benzene rings is 1. The van der Waals surface area contributed by atoms with Gasteiger partial charge in [0.2, 0.25) is 0 Å². The van der Waals surface area contributed by atoms with Crippen molar-refractivity contribution in [2.45, 2.75) is 31.1 Å². The van der Waals surface area contributed by atoms with Gasteiger partial charge in [-0.1, -0.05) is 18.9 Å². The van der Waals surface area contributed by atoms with Crippen molar-refractivity contribution in [3.8, 4) is 11.5 Å². The molecule has 2 rings (SSSR count). The maximum atomic E-state index is 13.0. The van der Waals surface area contributed by atoms with Gasteiger partial charge in [-0.2, -0.15) is 0 Å². The highest BCUT2D eigenvalue weighted by atomic mass is 19.1. The lowest BCUT2D eigenvalue weighted by Gasteiger charge is -2.28. The zero-order chi connectivity index (χ0) is 11.8. The maximum Gasteiger partial charge on any atom is 0.194 e. The second-order valence-electron chi connectivity index (χ2n) is 4.48. The van der Waals surface area contributed by atoms with Gasteiger partial charge in [-0.25, -0.2) is 4.39 Å². The lowest BCUT2D eigenvalue weighted by molar-refractivity contribution is 0.355. The predicted molar refractivity (Wildman–Crippen MR) is 58.9 cm³/mol. The number of nitrogens with two attached hydrogens (primary N) is 1. The van der Waals surface area contributed by atoms with Crippen LogP contribution in [0.5, 0.6) is 11.5 Å².